The van der Waals surface area contributed by atoms with E-state index in [1.54, 1.807) is 0 Å². The van der Waals surface area contributed by atoms with Crippen LogP contribution in [0.1, 0.15) is 27.8 Å². The Balaban J connectivity index is 1.42. The van der Waals surface area contributed by atoms with Crippen LogP contribution in [0.2, 0.25) is 0 Å². The average molecular weight is 480 g/mol. The van der Waals surface area contributed by atoms with Crippen LogP contribution in [0.25, 0.3) is 0 Å². The van der Waals surface area contributed by atoms with Gasteiger partial charge in [-0.1, -0.05) is 72.8 Å². The summed E-state index contributed by atoms with van der Waals surface area (Å²) in [6.45, 7) is 4.30. The van der Waals surface area contributed by atoms with E-state index >= 15 is 0 Å². The molecule has 0 aliphatic carbocycles. The lowest BCUT2D eigenvalue weighted by atomic mass is 9.75. The van der Waals surface area contributed by atoms with Crippen molar-refractivity contribution in [1.82, 2.24) is 10.2 Å². The van der Waals surface area contributed by atoms with Crippen LogP contribution in [0, 0.1) is 25.7 Å². The van der Waals surface area contributed by atoms with E-state index in [1.807, 2.05) is 86.6 Å². The first kappa shape index (κ1) is 22.7. The van der Waals surface area contributed by atoms with E-state index in [1.165, 1.54) is 4.90 Å². The van der Waals surface area contributed by atoms with Gasteiger partial charge < -0.3 is 5.32 Å². The summed E-state index contributed by atoms with van der Waals surface area (Å²) in [6.07, 6.45) is 1.14. The maximum atomic E-state index is 14.0. The maximum Gasteiger partial charge on any atom is 0.250 e. The van der Waals surface area contributed by atoms with Gasteiger partial charge in [0.1, 0.15) is 5.54 Å². The van der Waals surface area contributed by atoms with E-state index in [4.69, 9.17) is 0 Å². The Morgan fingerprint density at radius 2 is 1.50 bits per heavy atom. The predicted molar refractivity (Wildman–Crippen MR) is 137 cm³/mol. The molecule has 2 unspecified atom stereocenters. The fourth-order valence-electron chi connectivity index (χ4n) is 6.33. The molecule has 3 aliphatic rings. The second kappa shape index (κ2) is 8.42. The molecule has 2 fully saturated rings. The highest BCUT2D eigenvalue weighted by Crippen LogP contribution is 2.54. The molecule has 2 N–H and O–H groups in total. The van der Waals surface area contributed by atoms with Crippen molar-refractivity contribution in [2.45, 2.75) is 38.3 Å². The Labute approximate surface area is 210 Å². The van der Waals surface area contributed by atoms with Gasteiger partial charge in [0, 0.05) is 23.8 Å². The molecule has 2 saturated heterocycles. The standard InChI is InChI=1S/C30H29N3O3/c1-18-13-14-22-26(19(18)2)31-29(36)30(22)25-24(23(32-30)17-21-11-7-4-8-12-21)27(34)33(28(25)35)16-15-20-9-5-3-6-10-20/h3-14,23-25,32H,15-17H2,1-2H3,(H,31,36)/t23?,24-,25+,30?/m1/s1. The molecule has 3 aromatic carbocycles. The lowest BCUT2D eigenvalue weighted by molar-refractivity contribution is -0.142. The van der Waals surface area contributed by atoms with Crippen LogP contribution in [0.15, 0.2) is 72.8 Å². The number of hydrogen-bond donors (Lipinski definition) is 2. The molecule has 6 rings (SSSR count). The van der Waals surface area contributed by atoms with Crippen molar-refractivity contribution >= 4 is 23.4 Å². The van der Waals surface area contributed by atoms with Gasteiger partial charge in [0.15, 0.2) is 0 Å². The molecule has 182 valence electrons. The van der Waals surface area contributed by atoms with Crippen LogP contribution in [0.4, 0.5) is 5.69 Å². The third-order valence-electron chi connectivity index (χ3n) is 8.28. The van der Waals surface area contributed by atoms with Gasteiger partial charge in [-0.2, -0.15) is 0 Å². The Hall–Kier alpha value is -3.77. The molecule has 0 saturated carbocycles. The van der Waals surface area contributed by atoms with Gasteiger partial charge in [0.05, 0.1) is 11.8 Å². The topological polar surface area (TPSA) is 78.5 Å². The van der Waals surface area contributed by atoms with Crippen LogP contribution in [-0.2, 0) is 32.8 Å². The van der Waals surface area contributed by atoms with E-state index in [-0.39, 0.29) is 23.8 Å². The number of imide groups is 1. The number of carbonyl (C=O) groups is 3. The number of anilines is 1. The molecule has 3 aliphatic heterocycles. The Morgan fingerprint density at radius 3 is 2.19 bits per heavy atom. The summed E-state index contributed by atoms with van der Waals surface area (Å²) in [5, 5.41) is 6.61. The normalized spacial score (nSPS) is 26.4. The number of amides is 3. The van der Waals surface area contributed by atoms with Crippen molar-refractivity contribution in [2.75, 3.05) is 11.9 Å². The molecule has 0 radical (unpaired) electrons. The smallest absolute Gasteiger partial charge is 0.250 e. The third-order valence-corrected chi connectivity index (χ3v) is 8.28. The van der Waals surface area contributed by atoms with Gasteiger partial charge in [-0.3, -0.25) is 24.6 Å². The van der Waals surface area contributed by atoms with Crippen LogP contribution in [0.5, 0.6) is 0 Å². The van der Waals surface area contributed by atoms with Gasteiger partial charge in [-0.05, 0) is 48.9 Å². The first-order valence-corrected chi connectivity index (χ1v) is 12.5. The van der Waals surface area contributed by atoms with Crippen molar-refractivity contribution in [1.29, 1.82) is 0 Å². The molecule has 3 heterocycles. The molecule has 3 aromatic rings. The first-order valence-electron chi connectivity index (χ1n) is 12.5. The van der Waals surface area contributed by atoms with E-state index in [0.29, 0.717) is 19.4 Å². The molecule has 36 heavy (non-hydrogen) atoms. The van der Waals surface area contributed by atoms with Gasteiger partial charge in [0.25, 0.3) is 0 Å². The van der Waals surface area contributed by atoms with E-state index in [2.05, 4.69) is 10.6 Å². The second-order valence-corrected chi connectivity index (χ2v) is 10.2. The monoisotopic (exact) mass is 479 g/mol. The zero-order valence-electron chi connectivity index (χ0n) is 20.5. The third kappa shape index (κ3) is 3.24. The molecule has 0 bridgehead atoms. The number of nitrogens with one attached hydrogen (secondary N) is 2. The fraction of sp³-hybridized carbons (Fsp3) is 0.300. The van der Waals surface area contributed by atoms with Gasteiger partial charge in [-0.15, -0.1) is 0 Å². The molecular weight excluding hydrogens is 450 g/mol. The number of benzene rings is 3. The summed E-state index contributed by atoms with van der Waals surface area (Å²) in [5.41, 5.74) is 4.46. The largest absolute Gasteiger partial charge is 0.324 e. The number of nitrogens with zero attached hydrogens (tertiary/aromatic N) is 1. The molecule has 1 spiro atoms. The van der Waals surface area contributed by atoms with Crippen LogP contribution in [-0.4, -0.2) is 35.2 Å². The molecule has 3 amide bonds. The minimum atomic E-state index is -1.26. The molecular formula is C30H29N3O3. The first-order chi connectivity index (χ1) is 17.4. The summed E-state index contributed by atoms with van der Waals surface area (Å²) in [7, 11) is 0. The summed E-state index contributed by atoms with van der Waals surface area (Å²) >= 11 is 0. The number of aryl methyl sites for hydroxylation is 1. The number of carbonyl (C=O) groups excluding carboxylic acids is 3. The van der Waals surface area contributed by atoms with E-state index in [0.717, 1.165) is 33.5 Å². The maximum absolute atomic E-state index is 14.0. The van der Waals surface area contributed by atoms with Crippen LogP contribution >= 0.6 is 0 Å². The minimum absolute atomic E-state index is 0.184. The summed E-state index contributed by atoms with van der Waals surface area (Å²) < 4.78 is 0. The Bertz CT molecular complexity index is 1370. The molecule has 0 aromatic heterocycles. The fourth-order valence-corrected chi connectivity index (χ4v) is 6.33. The highest BCUT2D eigenvalue weighted by molar-refractivity contribution is 6.15. The van der Waals surface area contributed by atoms with E-state index in [9.17, 15) is 14.4 Å². The SMILES string of the molecule is Cc1ccc2c(c1C)NC(=O)C21NC(Cc2ccccc2)[C@H]2C(=O)N(CCc3ccccc3)C(=O)[C@H]21. The van der Waals surface area contributed by atoms with Gasteiger partial charge in [0.2, 0.25) is 17.7 Å². The minimum Gasteiger partial charge on any atom is -0.324 e. The zero-order valence-corrected chi connectivity index (χ0v) is 20.5. The summed E-state index contributed by atoms with van der Waals surface area (Å²) in [4.78, 5) is 42.9. The van der Waals surface area contributed by atoms with Gasteiger partial charge >= 0.3 is 0 Å². The molecule has 4 atom stereocenters. The van der Waals surface area contributed by atoms with Crippen molar-refractivity contribution in [3.05, 3.63) is 101 Å². The number of likely N-dealkylation sites (tertiary alicyclic amines) is 1. The van der Waals surface area contributed by atoms with Crippen LogP contribution < -0.4 is 10.6 Å². The van der Waals surface area contributed by atoms with E-state index < -0.39 is 17.4 Å². The summed E-state index contributed by atoms with van der Waals surface area (Å²) in [6, 6.07) is 23.4. The second-order valence-electron chi connectivity index (χ2n) is 10.2. The zero-order chi connectivity index (χ0) is 25.0. The van der Waals surface area contributed by atoms with Gasteiger partial charge in [-0.25, -0.2) is 0 Å². The summed E-state index contributed by atoms with van der Waals surface area (Å²) in [5.74, 6) is -2.08. The Kier molecular flexibility index (Phi) is 5.30. The number of rotatable bonds is 5. The highest BCUT2D eigenvalue weighted by Gasteiger charge is 2.70. The molecule has 6 nitrogen and oxygen atoms in total. The van der Waals surface area contributed by atoms with Crippen molar-refractivity contribution in [2.24, 2.45) is 11.8 Å². The van der Waals surface area contributed by atoms with Crippen molar-refractivity contribution in [3.63, 3.8) is 0 Å². The van der Waals surface area contributed by atoms with Crippen molar-refractivity contribution < 1.29 is 14.4 Å². The number of fused-ring (bicyclic) bond motifs is 4. The van der Waals surface area contributed by atoms with Crippen molar-refractivity contribution in [3.8, 4) is 0 Å². The Morgan fingerprint density at radius 1 is 0.833 bits per heavy atom. The highest BCUT2D eigenvalue weighted by atomic mass is 16.2. The predicted octanol–water partition coefficient (Wildman–Crippen LogP) is 3.51. The lowest BCUT2D eigenvalue weighted by Crippen LogP contribution is -2.53. The average Bonchev–Trinajstić information content (AvgIpc) is 3.46. The number of hydrogen-bond acceptors (Lipinski definition) is 4. The lowest BCUT2D eigenvalue weighted by Gasteiger charge is -2.29. The molecule has 6 heteroatoms. The van der Waals surface area contributed by atoms with Crippen LogP contribution in [0.3, 0.4) is 0 Å². The quantitative estimate of drug-likeness (QED) is 0.549.